The maximum atomic E-state index is 12.0. The van der Waals surface area contributed by atoms with Crippen LogP contribution in [0.2, 0.25) is 0 Å². The Hall–Kier alpha value is -1.47. The second-order valence-electron chi connectivity index (χ2n) is 4.72. The largest absolute Gasteiger partial charge is 0.481 e. The molecule has 0 aromatic carbocycles. The van der Waals surface area contributed by atoms with E-state index in [1.54, 1.807) is 0 Å². The number of carboxylic acid groups (broad SMARTS) is 1. The first-order chi connectivity index (χ1) is 8.70. The molecule has 0 heterocycles. The summed E-state index contributed by atoms with van der Waals surface area (Å²) in [5, 5.41) is 11.4. The number of nitrogens with zero attached hydrogens (tertiary/aromatic N) is 1. The molecule has 0 aromatic rings. The molecule has 0 saturated heterocycles. The van der Waals surface area contributed by atoms with E-state index in [0.29, 0.717) is 19.3 Å². The number of rotatable bonds is 4. The van der Waals surface area contributed by atoms with Crippen LogP contribution in [0.25, 0.3) is 0 Å². The zero-order valence-electron chi connectivity index (χ0n) is 10.5. The van der Waals surface area contributed by atoms with Crippen molar-refractivity contribution in [2.75, 3.05) is 13.6 Å². The molecule has 2 N–H and O–H groups in total. The van der Waals surface area contributed by atoms with Crippen LogP contribution in [-0.2, 0) is 4.79 Å². The molecule has 2 amide bonds. The van der Waals surface area contributed by atoms with E-state index in [-0.39, 0.29) is 0 Å². The first kappa shape index (κ1) is 15.6. The Kier molecular flexibility index (Phi) is 5.02. The van der Waals surface area contributed by atoms with E-state index in [0.717, 1.165) is 4.90 Å². The van der Waals surface area contributed by atoms with Crippen molar-refractivity contribution in [1.82, 2.24) is 10.2 Å². The van der Waals surface area contributed by atoms with Crippen molar-refractivity contribution in [3.63, 3.8) is 0 Å². The minimum atomic E-state index is -4.31. The third-order valence-electron chi connectivity index (χ3n) is 3.22. The van der Waals surface area contributed by atoms with Gasteiger partial charge in [0.2, 0.25) is 0 Å². The van der Waals surface area contributed by atoms with Crippen molar-refractivity contribution < 1.29 is 27.9 Å². The molecule has 0 spiro atoms. The number of halogens is 3. The van der Waals surface area contributed by atoms with Crippen molar-refractivity contribution in [3.8, 4) is 0 Å². The summed E-state index contributed by atoms with van der Waals surface area (Å²) in [7, 11) is 1.26. The predicted octanol–water partition coefficient (Wildman–Crippen LogP) is 1.83. The fraction of sp³-hybridized carbons (Fsp3) is 0.818. The quantitative estimate of drug-likeness (QED) is 0.826. The molecule has 19 heavy (non-hydrogen) atoms. The fourth-order valence-electron chi connectivity index (χ4n) is 2.09. The number of carbonyl (C=O) groups excluding carboxylic acids is 1. The highest BCUT2D eigenvalue weighted by Crippen LogP contribution is 2.26. The van der Waals surface area contributed by atoms with Gasteiger partial charge < -0.3 is 15.3 Å². The lowest BCUT2D eigenvalue weighted by Gasteiger charge is -2.23. The summed E-state index contributed by atoms with van der Waals surface area (Å²) in [6.45, 7) is -0.445. The zero-order valence-corrected chi connectivity index (χ0v) is 10.5. The van der Waals surface area contributed by atoms with Gasteiger partial charge in [0.25, 0.3) is 0 Å². The van der Waals surface area contributed by atoms with Gasteiger partial charge in [-0.25, -0.2) is 4.79 Å². The van der Waals surface area contributed by atoms with Crippen LogP contribution in [0.5, 0.6) is 0 Å². The van der Waals surface area contributed by atoms with Crippen molar-refractivity contribution in [2.45, 2.75) is 37.9 Å². The maximum absolute atomic E-state index is 12.0. The highest BCUT2D eigenvalue weighted by atomic mass is 19.4. The molecule has 0 radical (unpaired) electrons. The number of hydrogen-bond acceptors (Lipinski definition) is 2. The van der Waals surface area contributed by atoms with Gasteiger partial charge in [-0.15, -0.1) is 0 Å². The molecule has 2 atom stereocenters. The molecule has 110 valence electrons. The van der Waals surface area contributed by atoms with Gasteiger partial charge in [0.15, 0.2) is 0 Å². The normalized spacial score (nSPS) is 23.2. The van der Waals surface area contributed by atoms with E-state index < -0.39 is 43.1 Å². The summed E-state index contributed by atoms with van der Waals surface area (Å²) in [4.78, 5) is 23.5. The van der Waals surface area contributed by atoms with Crippen LogP contribution < -0.4 is 5.32 Å². The van der Waals surface area contributed by atoms with Gasteiger partial charge in [0.1, 0.15) is 0 Å². The van der Waals surface area contributed by atoms with E-state index in [9.17, 15) is 22.8 Å². The molecule has 1 fully saturated rings. The number of carbonyl (C=O) groups is 2. The summed E-state index contributed by atoms with van der Waals surface area (Å²) in [5.74, 6) is -1.64. The Bertz CT molecular complexity index is 347. The number of carboxylic acids is 1. The second kappa shape index (κ2) is 6.12. The number of alkyl halides is 3. The minimum absolute atomic E-state index is 0.445. The summed E-state index contributed by atoms with van der Waals surface area (Å²) in [6, 6.07) is -1.17. The predicted molar refractivity (Wildman–Crippen MR) is 60.6 cm³/mol. The van der Waals surface area contributed by atoms with Crippen molar-refractivity contribution in [3.05, 3.63) is 0 Å². The molecule has 1 saturated carbocycles. The van der Waals surface area contributed by atoms with E-state index >= 15 is 0 Å². The molecular weight excluding hydrogens is 265 g/mol. The van der Waals surface area contributed by atoms with E-state index in [1.807, 2.05) is 0 Å². The molecule has 0 bridgehead atoms. The van der Waals surface area contributed by atoms with E-state index in [2.05, 4.69) is 5.32 Å². The summed E-state index contributed by atoms with van der Waals surface area (Å²) >= 11 is 0. The number of amides is 2. The van der Waals surface area contributed by atoms with Crippen LogP contribution in [0.15, 0.2) is 0 Å². The SMILES string of the molecule is CN(CCC(F)(F)F)C(=O)NC1CCCC1C(=O)O. The Morgan fingerprint density at radius 3 is 2.53 bits per heavy atom. The molecule has 8 heteroatoms. The van der Waals surface area contributed by atoms with Gasteiger partial charge in [-0.05, 0) is 12.8 Å². The van der Waals surface area contributed by atoms with Crippen LogP contribution in [0, 0.1) is 5.92 Å². The van der Waals surface area contributed by atoms with Gasteiger partial charge in [0, 0.05) is 19.6 Å². The van der Waals surface area contributed by atoms with Gasteiger partial charge in [-0.2, -0.15) is 13.2 Å². The number of hydrogen-bond donors (Lipinski definition) is 2. The molecule has 0 aliphatic heterocycles. The lowest BCUT2D eigenvalue weighted by Crippen LogP contribution is -2.46. The monoisotopic (exact) mass is 282 g/mol. The summed E-state index contributed by atoms with van der Waals surface area (Å²) < 4.78 is 36.0. The lowest BCUT2D eigenvalue weighted by atomic mass is 10.0. The molecule has 1 aliphatic rings. The topological polar surface area (TPSA) is 69.6 Å². The first-order valence-corrected chi connectivity index (χ1v) is 6.02. The molecule has 5 nitrogen and oxygen atoms in total. The molecule has 0 aromatic heterocycles. The molecule has 2 unspecified atom stereocenters. The van der Waals surface area contributed by atoms with Crippen LogP contribution in [0.3, 0.4) is 0 Å². The van der Waals surface area contributed by atoms with Gasteiger partial charge >= 0.3 is 18.2 Å². The summed E-state index contributed by atoms with van der Waals surface area (Å²) in [5.41, 5.74) is 0. The highest BCUT2D eigenvalue weighted by Gasteiger charge is 2.35. The Morgan fingerprint density at radius 1 is 1.37 bits per heavy atom. The number of aliphatic carboxylic acids is 1. The van der Waals surface area contributed by atoms with E-state index in [4.69, 9.17) is 5.11 Å². The fourth-order valence-corrected chi connectivity index (χ4v) is 2.09. The standard InChI is InChI=1S/C11H17F3N2O3/c1-16(6-5-11(12,13)14)10(19)15-8-4-2-3-7(8)9(17)18/h7-8H,2-6H2,1H3,(H,15,19)(H,17,18). The van der Waals surface area contributed by atoms with Crippen LogP contribution >= 0.6 is 0 Å². The summed E-state index contributed by atoms with van der Waals surface area (Å²) in [6.07, 6.45) is -3.69. The Labute approximate surface area is 108 Å². The zero-order chi connectivity index (χ0) is 14.6. The van der Waals surface area contributed by atoms with Crippen LogP contribution in [0.4, 0.5) is 18.0 Å². The van der Waals surface area contributed by atoms with Crippen LogP contribution in [0.1, 0.15) is 25.7 Å². The third-order valence-corrected chi connectivity index (χ3v) is 3.22. The van der Waals surface area contributed by atoms with Gasteiger partial charge in [-0.1, -0.05) is 6.42 Å². The highest BCUT2D eigenvalue weighted by molar-refractivity contribution is 5.77. The lowest BCUT2D eigenvalue weighted by molar-refractivity contribution is -0.142. The molecule has 1 aliphatic carbocycles. The Morgan fingerprint density at radius 2 is 2.00 bits per heavy atom. The number of nitrogens with one attached hydrogen (secondary N) is 1. The van der Waals surface area contributed by atoms with E-state index in [1.165, 1.54) is 7.05 Å². The van der Waals surface area contributed by atoms with Crippen molar-refractivity contribution in [2.24, 2.45) is 5.92 Å². The van der Waals surface area contributed by atoms with Crippen LogP contribution in [-0.4, -0.2) is 47.8 Å². The first-order valence-electron chi connectivity index (χ1n) is 6.02. The molecular formula is C11H17F3N2O3. The van der Waals surface area contributed by atoms with Gasteiger partial charge in [-0.3, -0.25) is 4.79 Å². The minimum Gasteiger partial charge on any atom is -0.481 e. The van der Waals surface area contributed by atoms with Gasteiger partial charge in [0.05, 0.1) is 12.3 Å². The van der Waals surface area contributed by atoms with Crippen molar-refractivity contribution in [1.29, 1.82) is 0 Å². The number of urea groups is 1. The smallest absolute Gasteiger partial charge is 0.390 e. The second-order valence-corrected chi connectivity index (χ2v) is 4.72. The molecule has 1 rings (SSSR count). The maximum Gasteiger partial charge on any atom is 0.390 e. The van der Waals surface area contributed by atoms with Crippen molar-refractivity contribution >= 4 is 12.0 Å². The average molecular weight is 282 g/mol. The Balaban J connectivity index is 2.43. The average Bonchev–Trinajstić information content (AvgIpc) is 2.72. The third kappa shape index (κ3) is 4.96.